The molecule has 6 saturated carbocycles. The normalized spacial score (nSPS) is 74.4. The molecule has 0 aromatic rings. The Labute approximate surface area is 103 Å². The smallest absolute Gasteiger partial charge is 0.175 e. The third kappa shape index (κ3) is 0.537. The number of ether oxygens (including phenoxy) is 2. The fourth-order valence-electron chi connectivity index (χ4n) is 7.35. The van der Waals surface area contributed by atoms with E-state index in [1.54, 1.807) is 0 Å². The zero-order chi connectivity index (χ0) is 10.2. The molecule has 1 aliphatic heterocycles. The molecule has 1 heterocycles. The third-order valence-electron chi connectivity index (χ3n) is 7.02. The van der Waals surface area contributed by atoms with Gasteiger partial charge in [0.05, 0.1) is 13.2 Å². The summed E-state index contributed by atoms with van der Waals surface area (Å²) in [6, 6.07) is 0. The Bertz CT molecular complexity index is 403. The Morgan fingerprint density at radius 2 is 1.62 bits per heavy atom. The van der Waals surface area contributed by atoms with E-state index in [1.807, 2.05) is 0 Å². The van der Waals surface area contributed by atoms with Crippen LogP contribution in [-0.2, 0) is 9.47 Å². The summed E-state index contributed by atoms with van der Waals surface area (Å²) in [7, 11) is 0. The van der Waals surface area contributed by atoms with Crippen molar-refractivity contribution in [2.45, 2.75) is 17.0 Å². The first kappa shape index (κ1) is 8.49. The third-order valence-corrected chi connectivity index (χ3v) is 8.25. The Hall–Kier alpha value is 0.400. The van der Waals surface area contributed by atoms with E-state index in [-0.39, 0.29) is 5.79 Å². The van der Waals surface area contributed by atoms with Gasteiger partial charge in [0.2, 0.25) is 0 Å². The zero-order valence-electron chi connectivity index (χ0n) is 9.01. The molecule has 0 unspecified atom stereocenters. The van der Waals surface area contributed by atoms with Gasteiger partial charge in [-0.15, -0.1) is 0 Å². The second kappa shape index (κ2) is 2.17. The molecule has 0 radical (unpaired) electrons. The van der Waals surface area contributed by atoms with E-state index in [1.165, 1.54) is 6.42 Å². The highest BCUT2D eigenvalue weighted by Gasteiger charge is 2.88. The first-order chi connectivity index (χ1) is 7.84. The number of rotatable bonds is 0. The van der Waals surface area contributed by atoms with E-state index in [2.05, 4.69) is 15.9 Å². The SMILES string of the molecule is Br[C@H]1[C@@H]2[C@H]3[C@@H]4C[C@H]5[C@H]([C@@H]14)[C@@H]2C1(OCCO1)[C@@H]53. The lowest BCUT2D eigenvalue weighted by Crippen LogP contribution is -2.37. The maximum absolute atomic E-state index is 6.17. The van der Waals surface area contributed by atoms with Gasteiger partial charge >= 0.3 is 0 Å². The van der Waals surface area contributed by atoms with Gasteiger partial charge in [-0.2, -0.15) is 0 Å². The van der Waals surface area contributed by atoms with Gasteiger partial charge in [0.25, 0.3) is 0 Å². The van der Waals surface area contributed by atoms with Gasteiger partial charge < -0.3 is 9.47 Å². The highest BCUT2D eigenvalue weighted by atomic mass is 79.9. The van der Waals surface area contributed by atoms with Gasteiger partial charge in [-0.25, -0.2) is 0 Å². The topological polar surface area (TPSA) is 18.5 Å². The van der Waals surface area contributed by atoms with E-state index < -0.39 is 0 Å². The Kier molecular flexibility index (Phi) is 1.15. The van der Waals surface area contributed by atoms with E-state index in [0.717, 1.165) is 65.4 Å². The fraction of sp³-hybridized carbons (Fsp3) is 1.00. The van der Waals surface area contributed by atoms with Crippen molar-refractivity contribution >= 4 is 15.9 Å². The molecule has 1 spiro atoms. The average molecular weight is 283 g/mol. The van der Waals surface area contributed by atoms with E-state index in [0.29, 0.717) is 0 Å². The predicted molar refractivity (Wildman–Crippen MR) is 59.9 cm³/mol. The number of hydrogen-bond donors (Lipinski definition) is 0. The van der Waals surface area contributed by atoms with Crippen molar-refractivity contribution in [2.24, 2.45) is 47.3 Å². The molecule has 7 fully saturated rings. The summed E-state index contributed by atoms with van der Waals surface area (Å²) in [6.07, 6.45) is 1.49. The van der Waals surface area contributed by atoms with Crippen molar-refractivity contribution in [3.63, 3.8) is 0 Å². The molecule has 2 nitrogen and oxygen atoms in total. The molecule has 16 heavy (non-hydrogen) atoms. The van der Waals surface area contributed by atoms with E-state index >= 15 is 0 Å². The van der Waals surface area contributed by atoms with Crippen LogP contribution >= 0.6 is 15.9 Å². The minimum Gasteiger partial charge on any atom is -0.347 e. The van der Waals surface area contributed by atoms with Crippen LogP contribution in [0.15, 0.2) is 0 Å². The summed E-state index contributed by atoms with van der Waals surface area (Å²) in [6.45, 7) is 1.68. The molecule has 6 aliphatic carbocycles. The van der Waals surface area contributed by atoms with Crippen molar-refractivity contribution in [1.82, 2.24) is 0 Å². The summed E-state index contributed by atoms with van der Waals surface area (Å²) >= 11 is 4.01. The molecule has 3 heteroatoms. The highest BCUT2D eigenvalue weighted by molar-refractivity contribution is 9.09. The average Bonchev–Trinajstić information content (AvgIpc) is 3.01. The Morgan fingerprint density at radius 3 is 2.38 bits per heavy atom. The monoisotopic (exact) mass is 282 g/mol. The second-order valence-electron chi connectivity index (χ2n) is 6.79. The van der Waals surface area contributed by atoms with Crippen molar-refractivity contribution in [3.8, 4) is 0 Å². The molecular weight excluding hydrogens is 268 g/mol. The number of alkyl halides is 1. The maximum Gasteiger partial charge on any atom is 0.175 e. The lowest BCUT2D eigenvalue weighted by Gasteiger charge is -2.32. The van der Waals surface area contributed by atoms with Crippen molar-refractivity contribution in [3.05, 3.63) is 0 Å². The molecule has 0 aromatic carbocycles. The van der Waals surface area contributed by atoms with Gasteiger partial charge in [0.1, 0.15) is 0 Å². The van der Waals surface area contributed by atoms with Gasteiger partial charge in [0, 0.05) is 16.7 Å². The highest BCUT2D eigenvalue weighted by Crippen LogP contribution is 2.87. The van der Waals surface area contributed by atoms with Gasteiger partial charge in [-0.1, -0.05) is 15.9 Å². The molecule has 86 valence electrons. The molecule has 9 atom stereocenters. The summed E-state index contributed by atoms with van der Waals surface area (Å²) in [5.74, 6) is 7.19. The van der Waals surface area contributed by atoms with Crippen LogP contribution in [0.2, 0.25) is 0 Å². The Balaban J connectivity index is 1.65. The molecule has 0 amide bonds. The van der Waals surface area contributed by atoms with E-state index in [4.69, 9.17) is 9.47 Å². The molecule has 1 saturated heterocycles. The summed E-state index contributed by atoms with van der Waals surface area (Å²) in [5.41, 5.74) is 0. The van der Waals surface area contributed by atoms with Crippen LogP contribution in [0.4, 0.5) is 0 Å². The fourth-order valence-corrected chi connectivity index (χ4v) is 8.77. The van der Waals surface area contributed by atoms with Crippen LogP contribution in [-0.4, -0.2) is 23.8 Å². The molecule has 6 bridgehead atoms. The zero-order valence-corrected chi connectivity index (χ0v) is 10.6. The van der Waals surface area contributed by atoms with Crippen molar-refractivity contribution < 1.29 is 9.47 Å². The number of hydrogen-bond acceptors (Lipinski definition) is 2. The van der Waals surface area contributed by atoms with Crippen LogP contribution in [0.5, 0.6) is 0 Å². The van der Waals surface area contributed by atoms with Crippen LogP contribution in [0, 0.1) is 47.3 Å². The molecule has 7 aliphatic rings. The minimum atomic E-state index is -0.101. The minimum absolute atomic E-state index is 0.101. The first-order valence-electron chi connectivity index (χ1n) is 6.76. The first-order valence-corrected chi connectivity index (χ1v) is 7.68. The van der Waals surface area contributed by atoms with Crippen molar-refractivity contribution in [1.29, 1.82) is 0 Å². The maximum atomic E-state index is 6.17. The van der Waals surface area contributed by atoms with Crippen LogP contribution in [0.25, 0.3) is 0 Å². The quantitative estimate of drug-likeness (QED) is 0.632. The molecule has 7 rings (SSSR count). The summed E-state index contributed by atoms with van der Waals surface area (Å²) < 4.78 is 12.3. The van der Waals surface area contributed by atoms with E-state index in [9.17, 15) is 0 Å². The van der Waals surface area contributed by atoms with Crippen LogP contribution in [0.3, 0.4) is 0 Å². The second-order valence-corrected chi connectivity index (χ2v) is 7.84. The summed E-state index contributed by atoms with van der Waals surface area (Å²) in [5, 5.41) is 0. The standard InChI is InChI=1S/C13H15BrO2/c14-12-8-4-3-5-7(8)11-9(12)6(4)10(5)13(11)15-1-2-16-13/h4-12H,1-3H2/t4-,5-,6+,7+,8-,9+,10-,11-,12+/m0/s1. The predicted octanol–water partition coefficient (Wildman–Crippen LogP) is 1.88. The summed E-state index contributed by atoms with van der Waals surface area (Å²) in [4.78, 5) is 0.791. The van der Waals surface area contributed by atoms with Gasteiger partial charge in [-0.05, 0) is 41.9 Å². The van der Waals surface area contributed by atoms with Crippen LogP contribution < -0.4 is 0 Å². The van der Waals surface area contributed by atoms with Crippen molar-refractivity contribution in [2.75, 3.05) is 13.2 Å². The molecule has 0 N–H and O–H groups in total. The Morgan fingerprint density at radius 1 is 0.875 bits per heavy atom. The lowest BCUT2D eigenvalue weighted by molar-refractivity contribution is -0.195. The largest absolute Gasteiger partial charge is 0.347 e. The molecule has 0 aromatic heterocycles. The van der Waals surface area contributed by atoms with Gasteiger partial charge in [0.15, 0.2) is 5.79 Å². The van der Waals surface area contributed by atoms with Crippen LogP contribution in [0.1, 0.15) is 6.42 Å². The lowest BCUT2D eigenvalue weighted by atomic mass is 9.71. The number of halogens is 1. The molecular formula is C13H15BrO2. The van der Waals surface area contributed by atoms with Gasteiger partial charge in [-0.3, -0.25) is 0 Å².